The number of aromatic amines is 1. The second kappa shape index (κ2) is 7.72. The summed E-state index contributed by atoms with van der Waals surface area (Å²) in [4.78, 5) is 35.3. The number of hydrogen-bond donors (Lipinski definition) is 2. The highest BCUT2D eigenvalue weighted by Gasteiger charge is 2.23. The predicted molar refractivity (Wildman–Crippen MR) is 120 cm³/mol. The smallest absolute Gasteiger partial charge is 0.262 e. The first kappa shape index (κ1) is 19.1. The zero-order valence-electron chi connectivity index (χ0n) is 16.9. The predicted octanol–water partition coefficient (Wildman–Crippen LogP) is 3.42. The fraction of sp³-hybridized carbons (Fsp3) is 0.348. The minimum atomic E-state index is -0.171. The van der Waals surface area contributed by atoms with E-state index in [2.05, 4.69) is 28.3 Å². The van der Waals surface area contributed by atoms with Crippen LogP contribution in [0.5, 0.6) is 0 Å². The number of benzene rings is 1. The van der Waals surface area contributed by atoms with Crippen molar-refractivity contribution in [1.29, 1.82) is 0 Å². The molecular weight excluding hydrogens is 396 g/mol. The van der Waals surface area contributed by atoms with Crippen molar-refractivity contribution in [1.82, 2.24) is 19.9 Å². The number of nitrogens with one attached hydrogen (secondary N) is 2. The van der Waals surface area contributed by atoms with Crippen LogP contribution in [-0.2, 0) is 30.6 Å². The molecular formula is C23H24N4O2S. The Bertz CT molecular complexity index is 1300. The summed E-state index contributed by atoms with van der Waals surface area (Å²) in [6.07, 6.45) is 7.27. The fourth-order valence-corrected chi connectivity index (χ4v) is 5.71. The van der Waals surface area contributed by atoms with Crippen LogP contribution in [0.25, 0.3) is 21.1 Å². The maximum absolute atomic E-state index is 13.0. The zero-order chi connectivity index (χ0) is 20.7. The van der Waals surface area contributed by atoms with Gasteiger partial charge in [-0.1, -0.05) is 25.1 Å². The highest BCUT2D eigenvalue weighted by atomic mass is 32.1. The summed E-state index contributed by atoms with van der Waals surface area (Å²) in [7, 11) is 0. The van der Waals surface area contributed by atoms with Crippen LogP contribution in [-0.4, -0.2) is 27.0 Å². The lowest BCUT2D eigenvalue weighted by molar-refractivity contribution is -0.121. The molecule has 0 aliphatic heterocycles. The first-order valence-corrected chi connectivity index (χ1v) is 11.2. The van der Waals surface area contributed by atoms with Crippen molar-refractivity contribution in [2.24, 2.45) is 5.92 Å². The normalized spacial score (nSPS) is 16.1. The minimum Gasteiger partial charge on any atom is -0.361 e. The Morgan fingerprint density at radius 1 is 1.37 bits per heavy atom. The summed E-state index contributed by atoms with van der Waals surface area (Å²) in [5.74, 6) is 0.478. The minimum absolute atomic E-state index is 0.00329. The average Bonchev–Trinajstić information content (AvgIpc) is 3.31. The molecule has 30 heavy (non-hydrogen) atoms. The summed E-state index contributed by atoms with van der Waals surface area (Å²) in [6.45, 7) is 2.77. The number of aryl methyl sites for hydroxylation is 1. The molecule has 0 saturated heterocycles. The first-order valence-electron chi connectivity index (χ1n) is 10.4. The van der Waals surface area contributed by atoms with E-state index in [1.165, 1.54) is 26.7 Å². The number of carbonyl (C=O) groups excluding carboxylic acids is 1. The van der Waals surface area contributed by atoms with Gasteiger partial charge in [0.05, 0.1) is 11.7 Å². The number of nitrogens with zero attached hydrogens (tertiary/aromatic N) is 2. The summed E-state index contributed by atoms with van der Waals surface area (Å²) >= 11 is 1.63. The van der Waals surface area contributed by atoms with Crippen molar-refractivity contribution >= 4 is 38.4 Å². The third kappa shape index (κ3) is 3.43. The molecule has 0 radical (unpaired) electrons. The molecule has 0 fully saturated rings. The fourth-order valence-electron chi connectivity index (χ4n) is 4.36. The molecule has 1 atom stereocenters. The number of H-pyrrole nitrogens is 1. The van der Waals surface area contributed by atoms with Gasteiger partial charge in [0.25, 0.3) is 5.56 Å². The summed E-state index contributed by atoms with van der Waals surface area (Å²) in [5.41, 5.74) is 3.32. The molecule has 4 aromatic rings. The number of amides is 1. The largest absolute Gasteiger partial charge is 0.361 e. The molecule has 6 nitrogen and oxygen atoms in total. The van der Waals surface area contributed by atoms with E-state index in [4.69, 9.17) is 0 Å². The van der Waals surface area contributed by atoms with Crippen LogP contribution >= 0.6 is 11.3 Å². The van der Waals surface area contributed by atoms with Crippen molar-refractivity contribution < 1.29 is 4.79 Å². The van der Waals surface area contributed by atoms with E-state index in [-0.39, 0.29) is 18.0 Å². The summed E-state index contributed by atoms with van der Waals surface area (Å²) in [6, 6.07) is 8.12. The number of thiophene rings is 1. The van der Waals surface area contributed by atoms with Crippen molar-refractivity contribution in [2.75, 3.05) is 6.54 Å². The number of para-hydroxylation sites is 1. The number of hydrogen-bond acceptors (Lipinski definition) is 4. The van der Waals surface area contributed by atoms with Gasteiger partial charge in [-0.15, -0.1) is 11.3 Å². The van der Waals surface area contributed by atoms with Crippen LogP contribution in [0.2, 0.25) is 0 Å². The molecule has 3 aromatic heterocycles. The van der Waals surface area contributed by atoms with E-state index in [0.717, 1.165) is 47.0 Å². The maximum Gasteiger partial charge on any atom is 0.262 e. The van der Waals surface area contributed by atoms with E-state index in [0.29, 0.717) is 12.5 Å². The Morgan fingerprint density at radius 2 is 2.23 bits per heavy atom. The Hall–Kier alpha value is -2.93. The molecule has 0 bridgehead atoms. The van der Waals surface area contributed by atoms with Crippen LogP contribution < -0.4 is 10.9 Å². The molecule has 0 unspecified atom stereocenters. The first-order chi connectivity index (χ1) is 14.6. The standard InChI is InChI=1S/C23H24N4O2S/c1-14-6-7-17-19(10-14)30-22-21(17)23(29)27(13-26-22)12-20(28)24-9-8-15-11-25-18-5-3-2-4-16(15)18/h2-5,11,13-14,25H,6-10,12H2,1H3,(H,24,28)/t14-/m0/s1. The third-order valence-corrected chi connectivity index (χ3v) is 7.15. The quantitative estimate of drug-likeness (QED) is 0.519. The average molecular weight is 421 g/mol. The number of carbonyl (C=O) groups is 1. The Kier molecular flexibility index (Phi) is 4.90. The van der Waals surface area contributed by atoms with E-state index >= 15 is 0 Å². The highest BCUT2D eigenvalue weighted by molar-refractivity contribution is 7.18. The molecule has 0 saturated carbocycles. The van der Waals surface area contributed by atoms with Gasteiger partial charge in [0.15, 0.2) is 0 Å². The highest BCUT2D eigenvalue weighted by Crippen LogP contribution is 2.35. The monoisotopic (exact) mass is 420 g/mol. The molecule has 5 rings (SSSR count). The molecule has 3 heterocycles. The van der Waals surface area contributed by atoms with Gasteiger partial charge in [0.2, 0.25) is 5.91 Å². The second-order valence-corrected chi connectivity index (χ2v) is 9.25. The van der Waals surface area contributed by atoms with E-state index in [1.807, 2.05) is 24.4 Å². The van der Waals surface area contributed by atoms with Crippen molar-refractivity contribution in [3.05, 3.63) is 63.1 Å². The van der Waals surface area contributed by atoms with Gasteiger partial charge in [0.1, 0.15) is 11.4 Å². The van der Waals surface area contributed by atoms with E-state index in [9.17, 15) is 9.59 Å². The molecule has 0 spiro atoms. The van der Waals surface area contributed by atoms with Crippen LogP contribution in [0.4, 0.5) is 0 Å². The van der Waals surface area contributed by atoms with Crippen LogP contribution in [0, 0.1) is 5.92 Å². The van der Waals surface area contributed by atoms with Crippen molar-refractivity contribution in [3.8, 4) is 0 Å². The lowest BCUT2D eigenvalue weighted by Crippen LogP contribution is -2.33. The number of rotatable bonds is 5. The molecule has 2 N–H and O–H groups in total. The lowest BCUT2D eigenvalue weighted by atomic mass is 9.89. The second-order valence-electron chi connectivity index (χ2n) is 8.17. The zero-order valence-corrected chi connectivity index (χ0v) is 17.7. The molecule has 7 heteroatoms. The van der Waals surface area contributed by atoms with Crippen LogP contribution in [0.1, 0.15) is 29.3 Å². The Balaban J connectivity index is 1.28. The third-order valence-electron chi connectivity index (χ3n) is 5.99. The van der Waals surface area contributed by atoms with Crippen LogP contribution in [0.15, 0.2) is 41.6 Å². The summed E-state index contributed by atoms with van der Waals surface area (Å²) < 4.78 is 1.44. The van der Waals surface area contributed by atoms with Gasteiger partial charge in [-0.05, 0) is 48.8 Å². The van der Waals surface area contributed by atoms with Gasteiger partial charge in [-0.2, -0.15) is 0 Å². The van der Waals surface area contributed by atoms with Gasteiger partial charge in [-0.25, -0.2) is 4.98 Å². The summed E-state index contributed by atoms with van der Waals surface area (Å²) in [5, 5.41) is 4.83. The molecule has 154 valence electrons. The van der Waals surface area contributed by atoms with E-state index in [1.54, 1.807) is 11.3 Å². The topological polar surface area (TPSA) is 79.8 Å². The van der Waals surface area contributed by atoms with Crippen molar-refractivity contribution in [2.45, 2.75) is 39.2 Å². The number of aromatic nitrogens is 3. The Labute approximate surface area is 178 Å². The Morgan fingerprint density at radius 3 is 3.13 bits per heavy atom. The SMILES string of the molecule is C[C@H]1CCc2c(sc3ncn(CC(=O)NCCc4c[nH]c5ccccc45)c(=O)c23)C1. The lowest BCUT2D eigenvalue weighted by Gasteiger charge is -2.17. The molecule has 1 aliphatic carbocycles. The van der Waals surface area contributed by atoms with Crippen molar-refractivity contribution in [3.63, 3.8) is 0 Å². The number of fused-ring (bicyclic) bond motifs is 4. The van der Waals surface area contributed by atoms with Gasteiger partial charge >= 0.3 is 0 Å². The maximum atomic E-state index is 13.0. The van der Waals surface area contributed by atoms with Crippen LogP contribution in [0.3, 0.4) is 0 Å². The van der Waals surface area contributed by atoms with Gasteiger partial charge < -0.3 is 10.3 Å². The molecule has 1 amide bonds. The molecule has 1 aliphatic rings. The van der Waals surface area contributed by atoms with E-state index < -0.39 is 0 Å². The molecule has 1 aromatic carbocycles. The van der Waals surface area contributed by atoms with Gasteiger partial charge in [-0.3, -0.25) is 14.2 Å². The van der Waals surface area contributed by atoms with Gasteiger partial charge in [0, 0.05) is 28.5 Å².